The van der Waals surface area contributed by atoms with E-state index >= 15 is 0 Å². The Labute approximate surface area is 124 Å². The number of carboxylic acid groups (broad SMARTS) is 1. The van der Waals surface area contributed by atoms with Crippen molar-refractivity contribution in [2.24, 2.45) is 12.8 Å². The highest BCUT2D eigenvalue weighted by molar-refractivity contribution is 6.07. The number of aliphatic carboxylic acids is 1. The van der Waals surface area contributed by atoms with Crippen LogP contribution in [0.1, 0.15) is 27.4 Å². The first-order valence-corrected chi connectivity index (χ1v) is 6.27. The molecule has 0 aliphatic carbocycles. The minimum Gasteiger partial charge on any atom is -0.481 e. The highest BCUT2D eigenvalue weighted by Crippen LogP contribution is 2.14. The molecular weight excluding hydrogens is 292 g/mol. The lowest BCUT2D eigenvalue weighted by molar-refractivity contribution is -0.137. The molecule has 0 aliphatic rings. The number of aryl methyl sites for hydroxylation is 2. The van der Waals surface area contributed by atoms with Crippen LogP contribution in [0.2, 0.25) is 0 Å². The molecule has 0 aliphatic heterocycles. The van der Waals surface area contributed by atoms with Crippen molar-refractivity contribution in [1.82, 2.24) is 19.6 Å². The van der Waals surface area contributed by atoms with Gasteiger partial charge in [-0.25, -0.2) is 0 Å². The summed E-state index contributed by atoms with van der Waals surface area (Å²) in [6.07, 6.45) is 2.70. The molecule has 0 saturated carbocycles. The van der Waals surface area contributed by atoms with Gasteiger partial charge in [-0.3, -0.25) is 23.7 Å². The van der Waals surface area contributed by atoms with Crippen molar-refractivity contribution in [3.8, 4) is 0 Å². The zero-order valence-electron chi connectivity index (χ0n) is 11.7. The maximum absolute atomic E-state index is 12.1. The molecule has 0 radical (unpaired) electrons. The topological polar surface area (TPSA) is 145 Å². The lowest BCUT2D eigenvalue weighted by atomic mass is 10.3. The average molecular weight is 306 g/mol. The minimum atomic E-state index is -0.956. The second-order valence-electron chi connectivity index (χ2n) is 4.46. The molecule has 2 amide bonds. The van der Waals surface area contributed by atoms with Gasteiger partial charge in [-0.05, 0) is 6.07 Å². The SMILES string of the molecule is Cn1ncc(NC(=O)c2ccn(CCC(=O)O)n2)c1C(N)=O. The Bertz CT molecular complexity index is 732. The van der Waals surface area contributed by atoms with E-state index in [1.165, 1.54) is 34.9 Å². The lowest BCUT2D eigenvalue weighted by Gasteiger charge is -2.03. The molecule has 10 nitrogen and oxygen atoms in total. The second kappa shape index (κ2) is 6.08. The number of primary amides is 1. The fourth-order valence-electron chi connectivity index (χ4n) is 1.83. The van der Waals surface area contributed by atoms with Crippen LogP contribution in [0.4, 0.5) is 5.69 Å². The number of rotatable bonds is 6. The number of nitrogens with two attached hydrogens (primary N) is 1. The smallest absolute Gasteiger partial charge is 0.305 e. The summed E-state index contributed by atoms with van der Waals surface area (Å²) in [5.41, 5.74) is 5.56. The monoisotopic (exact) mass is 306 g/mol. The van der Waals surface area contributed by atoms with Crippen molar-refractivity contribution in [3.63, 3.8) is 0 Å². The summed E-state index contributed by atoms with van der Waals surface area (Å²) >= 11 is 0. The van der Waals surface area contributed by atoms with Crippen LogP contribution < -0.4 is 11.1 Å². The maximum atomic E-state index is 12.1. The number of carbonyl (C=O) groups excluding carboxylic acids is 2. The number of amides is 2. The van der Waals surface area contributed by atoms with Gasteiger partial charge in [-0.2, -0.15) is 10.2 Å². The van der Waals surface area contributed by atoms with Gasteiger partial charge in [-0.15, -0.1) is 0 Å². The molecule has 0 spiro atoms. The molecule has 0 bridgehead atoms. The molecule has 0 aromatic carbocycles. The normalized spacial score (nSPS) is 10.4. The maximum Gasteiger partial charge on any atom is 0.305 e. The van der Waals surface area contributed by atoms with Gasteiger partial charge in [0, 0.05) is 13.2 Å². The van der Waals surface area contributed by atoms with E-state index in [0.29, 0.717) is 0 Å². The second-order valence-corrected chi connectivity index (χ2v) is 4.46. The van der Waals surface area contributed by atoms with Gasteiger partial charge in [-0.1, -0.05) is 0 Å². The highest BCUT2D eigenvalue weighted by atomic mass is 16.4. The average Bonchev–Trinajstić information content (AvgIpc) is 3.03. The van der Waals surface area contributed by atoms with E-state index in [-0.39, 0.29) is 30.0 Å². The van der Waals surface area contributed by atoms with Gasteiger partial charge in [0.1, 0.15) is 5.69 Å². The van der Waals surface area contributed by atoms with E-state index in [1.807, 2.05) is 0 Å². The quantitative estimate of drug-likeness (QED) is 0.652. The van der Waals surface area contributed by atoms with Crippen LogP contribution >= 0.6 is 0 Å². The van der Waals surface area contributed by atoms with E-state index in [1.54, 1.807) is 0 Å². The van der Waals surface area contributed by atoms with Crippen molar-refractivity contribution in [1.29, 1.82) is 0 Å². The van der Waals surface area contributed by atoms with Crippen LogP contribution in [0.3, 0.4) is 0 Å². The van der Waals surface area contributed by atoms with Gasteiger partial charge in [0.05, 0.1) is 24.8 Å². The van der Waals surface area contributed by atoms with Gasteiger partial charge in [0.25, 0.3) is 11.8 Å². The van der Waals surface area contributed by atoms with Crippen LogP contribution in [0.5, 0.6) is 0 Å². The van der Waals surface area contributed by atoms with E-state index in [9.17, 15) is 14.4 Å². The van der Waals surface area contributed by atoms with Crippen LogP contribution in [0.25, 0.3) is 0 Å². The third-order valence-corrected chi connectivity index (χ3v) is 2.85. The predicted octanol–water partition coefficient (Wildman–Crippen LogP) is -0.557. The number of aromatic nitrogens is 4. The summed E-state index contributed by atoms with van der Waals surface area (Å²) in [7, 11) is 1.52. The lowest BCUT2D eigenvalue weighted by Crippen LogP contribution is -2.20. The summed E-state index contributed by atoms with van der Waals surface area (Å²) in [4.78, 5) is 33.9. The number of hydrogen-bond donors (Lipinski definition) is 3. The van der Waals surface area contributed by atoms with Gasteiger partial charge < -0.3 is 16.2 Å². The Morgan fingerprint density at radius 1 is 1.41 bits per heavy atom. The molecule has 0 unspecified atom stereocenters. The van der Waals surface area contributed by atoms with Gasteiger partial charge >= 0.3 is 5.97 Å². The Morgan fingerprint density at radius 3 is 2.77 bits per heavy atom. The van der Waals surface area contributed by atoms with E-state index in [2.05, 4.69) is 15.5 Å². The predicted molar refractivity (Wildman–Crippen MR) is 74.2 cm³/mol. The fraction of sp³-hybridized carbons (Fsp3) is 0.250. The van der Waals surface area contributed by atoms with Crippen LogP contribution in [-0.4, -0.2) is 42.5 Å². The molecule has 0 atom stereocenters. The third-order valence-electron chi connectivity index (χ3n) is 2.85. The Morgan fingerprint density at radius 2 is 2.14 bits per heavy atom. The molecule has 0 saturated heterocycles. The van der Waals surface area contributed by atoms with E-state index < -0.39 is 17.8 Å². The summed E-state index contributed by atoms with van der Waals surface area (Å²) in [6.45, 7) is 0.155. The number of nitrogens with one attached hydrogen (secondary N) is 1. The highest BCUT2D eigenvalue weighted by Gasteiger charge is 2.18. The molecule has 0 fully saturated rings. The van der Waals surface area contributed by atoms with Crippen molar-refractivity contribution in [2.45, 2.75) is 13.0 Å². The molecule has 2 aromatic heterocycles. The molecule has 4 N–H and O–H groups in total. The number of hydrogen-bond acceptors (Lipinski definition) is 5. The molecule has 2 rings (SSSR count). The van der Waals surface area contributed by atoms with Gasteiger partial charge in [0.15, 0.2) is 5.69 Å². The van der Waals surface area contributed by atoms with Gasteiger partial charge in [0.2, 0.25) is 0 Å². The van der Waals surface area contributed by atoms with Crippen molar-refractivity contribution >= 4 is 23.5 Å². The summed E-state index contributed by atoms with van der Waals surface area (Å²) in [6, 6.07) is 1.44. The summed E-state index contributed by atoms with van der Waals surface area (Å²) in [5.74, 6) is -2.23. The first kappa shape index (κ1) is 15.2. The molecule has 10 heteroatoms. The molecule has 116 valence electrons. The summed E-state index contributed by atoms with van der Waals surface area (Å²) < 4.78 is 2.60. The van der Waals surface area contributed by atoms with E-state index in [0.717, 1.165) is 0 Å². The van der Waals surface area contributed by atoms with E-state index in [4.69, 9.17) is 10.8 Å². The van der Waals surface area contributed by atoms with Crippen LogP contribution in [0, 0.1) is 0 Å². The Balaban J connectivity index is 2.10. The third kappa shape index (κ3) is 3.29. The Kier molecular flexibility index (Phi) is 4.20. The standard InChI is InChI=1S/C12H14N6O4/c1-17-10(11(13)21)8(6-14-17)15-12(22)7-2-4-18(16-7)5-3-9(19)20/h2,4,6H,3,5H2,1H3,(H2,13,21)(H,15,22)(H,19,20). The fourth-order valence-corrected chi connectivity index (χ4v) is 1.83. The first-order valence-electron chi connectivity index (χ1n) is 6.27. The van der Waals surface area contributed by atoms with Crippen LogP contribution in [0.15, 0.2) is 18.5 Å². The zero-order valence-corrected chi connectivity index (χ0v) is 11.7. The number of anilines is 1. The molecule has 22 heavy (non-hydrogen) atoms. The van der Waals surface area contributed by atoms with Crippen molar-refractivity contribution in [2.75, 3.05) is 5.32 Å². The zero-order chi connectivity index (χ0) is 16.3. The number of carboxylic acids is 1. The molecule has 2 heterocycles. The largest absolute Gasteiger partial charge is 0.481 e. The molecular formula is C12H14N6O4. The minimum absolute atomic E-state index is 0.0682. The van der Waals surface area contributed by atoms with Crippen LogP contribution in [-0.2, 0) is 18.4 Å². The number of carbonyl (C=O) groups is 3. The summed E-state index contributed by atoms with van der Waals surface area (Å²) in [5, 5.41) is 18.9. The first-order chi connectivity index (χ1) is 10.4. The van der Waals surface area contributed by atoms with Crippen molar-refractivity contribution in [3.05, 3.63) is 29.8 Å². The molecule has 2 aromatic rings. The number of nitrogens with zero attached hydrogens (tertiary/aromatic N) is 4. The van der Waals surface area contributed by atoms with Crippen molar-refractivity contribution < 1.29 is 19.5 Å². The Hall–Kier alpha value is -3.17.